The number of likely N-dealkylation sites (N-methyl/N-ethyl adjacent to an activating group) is 1. The predicted molar refractivity (Wildman–Crippen MR) is 88.2 cm³/mol. The first-order valence-corrected chi connectivity index (χ1v) is 7.25. The molecular weight excluding hydrogens is 319 g/mol. The molecule has 0 atom stereocenters. The van der Waals surface area contributed by atoms with Crippen LogP contribution in [0.4, 0.5) is 5.13 Å². The third kappa shape index (κ3) is 5.18. The molecule has 0 radical (unpaired) electrons. The normalized spacial score (nSPS) is 13.9. The van der Waals surface area contributed by atoms with E-state index >= 15 is 0 Å². The van der Waals surface area contributed by atoms with Gasteiger partial charge in [0.05, 0.1) is 5.69 Å². The Bertz CT molecular complexity index is 428. The molecule has 8 heteroatoms. The highest BCUT2D eigenvalue weighted by Gasteiger charge is 2.20. The van der Waals surface area contributed by atoms with E-state index in [1.165, 1.54) is 4.88 Å². The Labute approximate surface area is 136 Å². The van der Waals surface area contributed by atoms with Crippen LogP contribution < -0.4 is 11.1 Å². The summed E-state index contributed by atoms with van der Waals surface area (Å²) in [7, 11) is 0. The van der Waals surface area contributed by atoms with Crippen molar-refractivity contribution in [1.29, 1.82) is 0 Å². The van der Waals surface area contributed by atoms with Gasteiger partial charge in [-0.15, -0.1) is 36.2 Å². The van der Waals surface area contributed by atoms with Crippen LogP contribution in [0.5, 0.6) is 0 Å². The first kappa shape index (κ1) is 19.6. The SMILES string of the molecule is CCN1CCc2nc(NC(=O)CCCN)sc2C1.Cl.Cl. The van der Waals surface area contributed by atoms with Gasteiger partial charge in [0.1, 0.15) is 0 Å². The Morgan fingerprint density at radius 3 is 2.90 bits per heavy atom. The molecular formula is C12H22Cl2N4OS. The number of halogens is 2. The topological polar surface area (TPSA) is 71.2 Å². The minimum atomic E-state index is 0. The molecule has 20 heavy (non-hydrogen) atoms. The van der Waals surface area contributed by atoms with E-state index in [1.54, 1.807) is 11.3 Å². The fourth-order valence-corrected chi connectivity index (χ4v) is 3.08. The van der Waals surface area contributed by atoms with Crippen molar-refractivity contribution >= 4 is 47.2 Å². The summed E-state index contributed by atoms with van der Waals surface area (Å²) in [6.07, 6.45) is 2.18. The van der Waals surface area contributed by atoms with E-state index in [-0.39, 0.29) is 30.7 Å². The van der Waals surface area contributed by atoms with E-state index in [9.17, 15) is 4.79 Å². The Kier molecular flexibility index (Phi) is 9.33. The van der Waals surface area contributed by atoms with Crippen molar-refractivity contribution in [2.75, 3.05) is 25.0 Å². The molecule has 0 saturated carbocycles. The monoisotopic (exact) mass is 340 g/mol. The molecule has 0 bridgehead atoms. The number of aromatic nitrogens is 1. The van der Waals surface area contributed by atoms with Crippen LogP contribution in [0.25, 0.3) is 0 Å². The van der Waals surface area contributed by atoms with E-state index in [4.69, 9.17) is 5.73 Å². The van der Waals surface area contributed by atoms with Crippen molar-refractivity contribution in [2.24, 2.45) is 5.73 Å². The Balaban J connectivity index is 0.00000180. The second kappa shape index (κ2) is 9.52. The van der Waals surface area contributed by atoms with Gasteiger partial charge in [-0.25, -0.2) is 4.98 Å². The van der Waals surface area contributed by atoms with Gasteiger partial charge in [0.15, 0.2) is 5.13 Å². The highest BCUT2D eigenvalue weighted by Crippen LogP contribution is 2.28. The van der Waals surface area contributed by atoms with E-state index in [1.807, 2.05) is 0 Å². The van der Waals surface area contributed by atoms with Gasteiger partial charge in [-0.3, -0.25) is 9.69 Å². The number of fused-ring (bicyclic) bond motifs is 1. The zero-order valence-corrected chi connectivity index (χ0v) is 14.0. The van der Waals surface area contributed by atoms with Crippen LogP contribution in [-0.4, -0.2) is 35.4 Å². The summed E-state index contributed by atoms with van der Waals surface area (Å²) in [5.41, 5.74) is 6.53. The number of nitrogens with two attached hydrogens (primary N) is 1. The average Bonchev–Trinajstić information content (AvgIpc) is 2.77. The molecule has 0 aromatic carbocycles. The maximum Gasteiger partial charge on any atom is 0.226 e. The number of amides is 1. The van der Waals surface area contributed by atoms with Gasteiger partial charge in [-0.05, 0) is 19.5 Å². The summed E-state index contributed by atoms with van der Waals surface area (Å²) >= 11 is 1.60. The van der Waals surface area contributed by atoms with Crippen molar-refractivity contribution in [3.05, 3.63) is 10.6 Å². The lowest BCUT2D eigenvalue weighted by molar-refractivity contribution is -0.116. The number of thiazole rings is 1. The second-order valence-electron chi connectivity index (χ2n) is 4.45. The van der Waals surface area contributed by atoms with Crippen LogP contribution >= 0.6 is 36.2 Å². The van der Waals surface area contributed by atoms with Crippen LogP contribution in [0.15, 0.2) is 0 Å². The molecule has 1 aliphatic rings. The molecule has 116 valence electrons. The van der Waals surface area contributed by atoms with Gasteiger partial charge in [0.25, 0.3) is 0 Å². The molecule has 1 aliphatic heterocycles. The van der Waals surface area contributed by atoms with E-state index in [0.717, 1.165) is 43.3 Å². The molecule has 2 heterocycles. The molecule has 2 rings (SSSR count). The molecule has 3 N–H and O–H groups in total. The number of hydrogen-bond acceptors (Lipinski definition) is 5. The number of anilines is 1. The molecule has 1 amide bonds. The van der Waals surface area contributed by atoms with Gasteiger partial charge in [-0.1, -0.05) is 6.92 Å². The standard InChI is InChI=1S/C12H20N4OS.2ClH/c1-2-16-7-5-9-10(8-16)18-12(14-9)15-11(17)4-3-6-13;;/h2-8,13H2,1H3,(H,14,15,17);2*1H. The van der Waals surface area contributed by atoms with Gasteiger partial charge >= 0.3 is 0 Å². The van der Waals surface area contributed by atoms with Crippen LogP contribution in [0.3, 0.4) is 0 Å². The zero-order chi connectivity index (χ0) is 13.0. The summed E-state index contributed by atoms with van der Waals surface area (Å²) in [4.78, 5) is 19.8. The van der Waals surface area contributed by atoms with Gasteiger partial charge in [-0.2, -0.15) is 0 Å². The number of carbonyl (C=O) groups is 1. The number of carbonyl (C=O) groups excluding carboxylic acids is 1. The highest BCUT2D eigenvalue weighted by molar-refractivity contribution is 7.15. The van der Waals surface area contributed by atoms with Crippen molar-refractivity contribution < 1.29 is 4.79 Å². The third-order valence-electron chi connectivity index (χ3n) is 3.11. The van der Waals surface area contributed by atoms with Gasteiger partial charge in [0.2, 0.25) is 5.91 Å². The molecule has 0 saturated heterocycles. The van der Waals surface area contributed by atoms with Crippen LogP contribution in [-0.2, 0) is 17.8 Å². The first-order valence-electron chi connectivity index (χ1n) is 6.43. The van der Waals surface area contributed by atoms with Gasteiger partial charge < -0.3 is 11.1 Å². The van der Waals surface area contributed by atoms with Crippen LogP contribution in [0, 0.1) is 0 Å². The van der Waals surface area contributed by atoms with Crippen LogP contribution in [0.2, 0.25) is 0 Å². The lowest BCUT2D eigenvalue weighted by Crippen LogP contribution is -2.29. The predicted octanol–water partition coefficient (Wildman–Crippen LogP) is 2.04. The maximum atomic E-state index is 11.6. The summed E-state index contributed by atoms with van der Waals surface area (Å²) in [5, 5.41) is 3.60. The summed E-state index contributed by atoms with van der Waals surface area (Å²) < 4.78 is 0. The molecule has 1 aromatic heterocycles. The van der Waals surface area contributed by atoms with Crippen LogP contribution in [0.1, 0.15) is 30.3 Å². The van der Waals surface area contributed by atoms with Crippen molar-refractivity contribution in [1.82, 2.24) is 9.88 Å². The molecule has 0 unspecified atom stereocenters. The Hall–Kier alpha value is -0.400. The molecule has 0 aliphatic carbocycles. The molecule has 0 spiro atoms. The summed E-state index contributed by atoms with van der Waals surface area (Å²) in [5.74, 6) is 0.0129. The lowest BCUT2D eigenvalue weighted by Gasteiger charge is -2.23. The highest BCUT2D eigenvalue weighted by atomic mass is 35.5. The molecule has 0 fully saturated rings. The van der Waals surface area contributed by atoms with E-state index < -0.39 is 0 Å². The second-order valence-corrected chi connectivity index (χ2v) is 5.53. The zero-order valence-electron chi connectivity index (χ0n) is 11.6. The molecule has 1 aromatic rings. The minimum Gasteiger partial charge on any atom is -0.330 e. The van der Waals surface area contributed by atoms with Crippen molar-refractivity contribution in [3.8, 4) is 0 Å². The lowest BCUT2D eigenvalue weighted by atomic mass is 10.2. The smallest absolute Gasteiger partial charge is 0.226 e. The average molecular weight is 341 g/mol. The van der Waals surface area contributed by atoms with E-state index in [2.05, 4.69) is 22.1 Å². The quantitative estimate of drug-likeness (QED) is 0.860. The number of nitrogens with zero attached hydrogens (tertiary/aromatic N) is 2. The Morgan fingerprint density at radius 1 is 1.50 bits per heavy atom. The largest absolute Gasteiger partial charge is 0.330 e. The number of rotatable bonds is 5. The minimum absolute atomic E-state index is 0. The third-order valence-corrected chi connectivity index (χ3v) is 4.11. The van der Waals surface area contributed by atoms with Gasteiger partial charge in [0, 0.05) is 30.8 Å². The Morgan fingerprint density at radius 2 is 2.25 bits per heavy atom. The fourth-order valence-electron chi connectivity index (χ4n) is 2.02. The fraction of sp³-hybridized carbons (Fsp3) is 0.667. The molecule has 5 nitrogen and oxygen atoms in total. The maximum absolute atomic E-state index is 11.6. The summed E-state index contributed by atoms with van der Waals surface area (Å²) in [6, 6.07) is 0. The number of nitrogens with one attached hydrogen (secondary N) is 1. The first-order chi connectivity index (χ1) is 8.72. The van der Waals surface area contributed by atoms with Crippen molar-refractivity contribution in [2.45, 2.75) is 32.7 Å². The van der Waals surface area contributed by atoms with Crippen molar-refractivity contribution in [3.63, 3.8) is 0 Å². The summed E-state index contributed by atoms with van der Waals surface area (Å²) in [6.45, 7) is 5.81. The number of hydrogen-bond donors (Lipinski definition) is 2. The van der Waals surface area contributed by atoms with E-state index in [0.29, 0.717) is 13.0 Å².